The number of rotatable bonds is 4. The molecule has 0 bridgehead atoms. The Morgan fingerprint density at radius 1 is 1.35 bits per heavy atom. The van der Waals surface area contributed by atoms with Crippen molar-refractivity contribution < 1.29 is 14.7 Å². The number of carboxylic acids is 1. The summed E-state index contributed by atoms with van der Waals surface area (Å²) in [5.74, 6) is -1.43. The monoisotopic (exact) mass is 275 g/mol. The maximum absolute atomic E-state index is 12.0. The number of carbonyl (C=O) groups excluding carboxylic acids is 1. The summed E-state index contributed by atoms with van der Waals surface area (Å²) in [5, 5.41) is 16.7. The molecule has 0 spiro atoms. The number of fused-ring (bicyclic) bond motifs is 1. The molecule has 1 aromatic heterocycles. The molecule has 6 heteroatoms. The van der Waals surface area contributed by atoms with Crippen LogP contribution in [-0.4, -0.2) is 32.3 Å². The maximum Gasteiger partial charge on any atom is 0.328 e. The number of nitrogens with one attached hydrogen (secondary N) is 1. The first-order valence-corrected chi connectivity index (χ1v) is 6.26. The van der Waals surface area contributed by atoms with E-state index in [1.165, 1.54) is 13.8 Å². The van der Waals surface area contributed by atoms with Crippen molar-refractivity contribution in [3.63, 3.8) is 0 Å². The third-order valence-electron chi connectivity index (χ3n) is 3.15. The molecule has 0 saturated heterocycles. The minimum atomic E-state index is -1.29. The number of aromatic nitrogens is 2. The lowest BCUT2D eigenvalue weighted by molar-refractivity contribution is -0.145. The molecular weight excluding hydrogens is 258 g/mol. The van der Waals surface area contributed by atoms with Crippen molar-refractivity contribution in [3.05, 3.63) is 30.0 Å². The standard InChI is InChI=1S/C14H17N3O3/c1-14(2,13(19)20)15-12(18)8-10-9-6-4-5-7-11(9)17(3)16-10/h4-7H,8H2,1-3H3,(H,15,18)(H,19,20). The summed E-state index contributed by atoms with van der Waals surface area (Å²) in [6, 6.07) is 7.60. The number of benzene rings is 1. The highest BCUT2D eigenvalue weighted by atomic mass is 16.4. The van der Waals surface area contributed by atoms with Crippen LogP contribution in [-0.2, 0) is 23.1 Å². The van der Waals surface area contributed by atoms with Gasteiger partial charge in [-0.05, 0) is 19.9 Å². The van der Waals surface area contributed by atoms with E-state index in [1.54, 1.807) is 4.68 Å². The number of nitrogens with zero attached hydrogens (tertiary/aromatic N) is 2. The molecule has 0 fully saturated rings. The first-order chi connectivity index (χ1) is 9.31. The number of amides is 1. The number of aryl methyl sites for hydroxylation is 1. The highest BCUT2D eigenvalue weighted by molar-refractivity contribution is 5.90. The highest BCUT2D eigenvalue weighted by Gasteiger charge is 2.29. The van der Waals surface area contributed by atoms with E-state index in [4.69, 9.17) is 5.11 Å². The van der Waals surface area contributed by atoms with Gasteiger partial charge in [-0.15, -0.1) is 0 Å². The van der Waals surface area contributed by atoms with Gasteiger partial charge in [0.25, 0.3) is 0 Å². The van der Waals surface area contributed by atoms with E-state index in [0.717, 1.165) is 10.9 Å². The summed E-state index contributed by atoms with van der Waals surface area (Å²) in [5.41, 5.74) is 0.288. The van der Waals surface area contributed by atoms with Crippen LogP contribution in [0.15, 0.2) is 24.3 Å². The topological polar surface area (TPSA) is 84.2 Å². The minimum absolute atomic E-state index is 0.0536. The molecule has 6 nitrogen and oxygen atoms in total. The van der Waals surface area contributed by atoms with Gasteiger partial charge in [0.15, 0.2) is 0 Å². The Morgan fingerprint density at radius 2 is 2.00 bits per heavy atom. The summed E-state index contributed by atoms with van der Waals surface area (Å²) >= 11 is 0. The molecule has 0 saturated carbocycles. The Labute approximate surface area is 116 Å². The van der Waals surface area contributed by atoms with Crippen molar-refractivity contribution in [2.75, 3.05) is 0 Å². The largest absolute Gasteiger partial charge is 0.480 e. The molecule has 2 rings (SSSR count). The van der Waals surface area contributed by atoms with Crippen molar-refractivity contribution in [1.29, 1.82) is 0 Å². The van der Waals surface area contributed by atoms with Crippen LogP contribution in [0.1, 0.15) is 19.5 Å². The molecule has 20 heavy (non-hydrogen) atoms. The fourth-order valence-corrected chi connectivity index (χ4v) is 2.02. The van der Waals surface area contributed by atoms with Crippen molar-refractivity contribution >= 4 is 22.8 Å². The zero-order chi connectivity index (χ0) is 14.9. The van der Waals surface area contributed by atoms with Gasteiger partial charge in [-0.2, -0.15) is 5.10 Å². The number of hydrogen-bond acceptors (Lipinski definition) is 3. The van der Waals surface area contributed by atoms with Gasteiger partial charge < -0.3 is 10.4 Å². The minimum Gasteiger partial charge on any atom is -0.480 e. The molecule has 2 N–H and O–H groups in total. The quantitative estimate of drug-likeness (QED) is 0.875. The van der Waals surface area contributed by atoms with E-state index in [0.29, 0.717) is 5.69 Å². The Kier molecular flexibility index (Phi) is 3.48. The first-order valence-electron chi connectivity index (χ1n) is 6.26. The average Bonchev–Trinajstić information content (AvgIpc) is 2.66. The van der Waals surface area contributed by atoms with E-state index >= 15 is 0 Å². The van der Waals surface area contributed by atoms with Crippen LogP contribution in [0.5, 0.6) is 0 Å². The third-order valence-corrected chi connectivity index (χ3v) is 3.15. The number of carbonyl (C=O) groups is 2. The SMILES string of the molecule is Cn1nc(CC(=O)NC(C)(C)C(=O)O)c2ccccc21. The second-order valence-corrected chi connectivity index (χ2v) is 5.24. The molecule has 106 valence electrons. The maximum atomic E-state index is 12.0. The van der Waals surface area contributed by atoms with Crippen LogP contribution in [0.25, 0.3) is 10.9 Å². The van der Waals surface area contributed by atoms with Crippen LogP contribution in [0.2, 0.25) is 0 Å². The summed E-state index contributed by atoms with van der Waals surface area (Å²) < 4.78 is 1.71. The van der Waals surface area contributed by atoms with Crippen LogP contribution < -0.4 is 5.32 Å². The van der Waals surface area contributed by atoms with Crippen molar-refractivity contribution in [2.24, 2.45) is 7.05 Å². The Balaban J connectivity index is 2.21. The second kappa shape index (κ2) is 4.96. The molecule has 1 aromatic carbocycles. The molecule has 0 atom stereocenters. The molecule has 1 heterocycles. The lowest BCUT2D eigenvalue weighted by atomic mass is 10.1. The van der Waals surface area contributed by atoms with Crippen molar-refractivity contribution in [1.82, 2.24) is 15.1 Å². The van der Waals surface area contributed by atoms with Gasteiger partial charge in [0.05, 0.1) is 17.6 Å². The lowest BCUT2D eigenvalue weighted by Crippen LogP contribution is -2.50. The smallest absolute Gasteiger partial charge is 0.328 e. The second-order valence-electron chi connectivity index (χ2n) is 5.24. The summed E-state index contributed by atoms with van der Waals surface area (Å²) in [6.45, 7) is 2.90. The fraction of sp³-hybridized carbons (Fsp3) is 0.357. The Bertz CT molecular complexity index is 673. The van der Waals surface area contributed by atoms with Crippen molar-refractivity contribution in [3.8, 4) is 0 Å². The van der Waals surface area contributed by atoms with E-state index in [-0.39, 0.29) is 12.3 Å². The number of para-hydroxylation sites is 1. The van der Waals surface area contributed by atoms with Crippen molar-refractivity contribution in [2.45, 2.75) is 25.8 Å². The van der Waals surface area contributed by atoms with Gasteiger partial charge >= 0.3 is 5.97 Å². The highest BCUT2D eigenvalue weighted by Crippen LogP contribution is 2.18. The van der Waals surface area contributed by atoms with Gasteiger partial charge in [0.1, 0.15) is 5.54 Å². The van der Waals surface area contributed by atoms with E-state index in [1.807, 2.05) is 31.3 Å². The summed E-state index contributed by atoms with van der Waals surface area (Å²) in [6.07, 6.45) is 0.0536. The predicted octanol–water partition coefficient (Wildman–Crippen LogP) is 1.10. The fourth-order valence-electron chi connectivity index (χ4n) is 2.02. The van der Waals surface area contributed by atoms with E-state index in [2.05, 4.69) is 10.4 Å². The first kappa shape index (κ1) is 14.0. The zero-order valence-electron chi connectivity index (χ0n) is 11.7. The van der Waals surface area contributed by atoms with Crippen LogP contribution in [0.3, 0.4) is 0 Å². The number of carboxylic acid groups (broad SMARTS) is 1. The van der Waals surface area contributed by atoms with Crippen LogP contribution in [0.4, 0.5) is 0 Å². The summed E-state index contributed by atoms with van der Waals surface area (Å²) in [4.78, 5) is 23.0. The molecule has 0 aliphatic rings. The molecule has 0 aliphatic heterocycles. The molecule has 0 unspecified atom stereocenters. The van der Waals surface area contributed by atoms with E-state index < -0.39 is 11.5 Å². The average molecular weight is 275 g/mol. The lowest BCUT2D eigenvalue weighted by Gasteiger charge is -2.20. The number of hydrogen-bond donors (Lipinski definition) is 2. The van der Waals surface area contributed by atoms with Gasteiger partial charge in [0, 0.05) is 12.4 Å². The van der Waals surface area contributed by atoms with Gasteiger partial charge in [0.2, 0.25) is 5.91 Å². The molecule has 0 aliphatic carbocycles. The molecular formula is C14H17N3O3. The van der Waals surface area contributed by atoms with E-state index in [9.17, 15) is 9.59 Å². The van der Waals surface area contributed by atoms with Gasteiger partial charge in [-0.3, -0.25) is 9.48 Å². The molecule has 0 radical (unpaired) electrons. The molecule has 1 amide bonds. The Hall–Kier alpha value is -2.37. The molecule has 2 aromatic rings. The number of aliphatic carboxylic acids is 1. The van der Waals surface area contributed by atoms with Crippen LogP contribution >= 0.6 is 0 Å². The third kappa shape index (κ3) is 2.64. The van der Waals surface area contributed by atoms with Gasteiger partial charge in [-0.1, -0.05) is 18.2 Å². The van der Waals surface area contributed by atoms with Gasteiger partial charge in [-0.25, -0.2) is 4.79 Å². The zero-order valence-corrected chi connectivity index (χ0v) is 11.7. The van der Waals surface area contributed by atoms with Crippen LogP contribution in [0, 0.1) is 0 Å². The Morgan fingerprint density at radius 3 is 2.65 bits per heavy atom. The predicted molar refractivity (Wildman–Crippen MR) is 74.3 cm³/mol. The normalized spacial score (nSPS) is 11.6. The summed E-state index contributed by atoms with van der Waals surface area (Å²) in [7, 11) is 1.81.